The van der Waals surface area contributed by atoms with Gasteiger partial charge in [0.25, 0.3) is 0 Å². The maximum Gasteiger partial charge on any atom is 0.573 e. The van der Waals surface area contributed by atoms with Gasteiger partial charge in [0.1, 0.15) is 16.4 Å². The van der Waals surface area contributed by atoms with Crippen molar-refractivity contribution in [2.75, 3.05) is 0 Å². The van der Waals surface area contributed by atoms with Crippen molar-refractivity contribution in [2.24, 2.45) is 0 Å². The van der Waals surface area contributed by atoms with Crippen LogP contribution in [0.4, 0.5) is 13.2 Å². The lowest BCUT2D eigenvalue weighted by Gasteiger charge is -2.20. The van der Waals surface area contributed by atoms with E-state index >= 15 is 0 Å². The summed E-state index contributed by atoms with van der Waals surface area (Å²) in [6.07, 6.45) is -7.32. The Balaban J connectivity index is 3.47. The predicted molar refractivity (Wildman–Crippen MR) is 68.1 cm³/mol. The van der Waals surface area contributed by atoms with Crippen molar-refractivity contribution in [3.8, 4) is 5.75 Å². The molecule has 0 amide bonds. The van der Waals surface area contributed by atoms with Gasteiger partial charge in [-0.05, 0) is 6.92 Å². The fourth-order valence-corrected chi connectivity index (χ4v) is 1.93. The number of para-hydroxylation sites is 1. The normalized spacial score (nSPS) is 14.4. The molecule has 0 aliphatic carbocycles. The van der Waals surface area contributed by atoms with E-state index in [-0.39, 0.29) is 5.56 Å². The summed E-state index contributed by atoms with van der Waals surface area (Å²) in [6, 6.07) is 3.36. The summed E-state index contributed by atoms with van der Waals surface area (Å²) in [7, 11) is 0. The third-order valence-electron chi connectivity index (χ3n) is 2.45. The molecule has 0 aromatic heterocycles. The van der Waals surface area contributed by atoms with Gasteiger partial charge in [-0.25, -0.2) is 4.79 Å². The van der Waals surface area contributed by atoms with Crippen molar-refractivity contribution in [2.45, 2.75) is 24.2 Å². The number of hydrogen-bond donors (Lipinski definition) is 2. The Morgan fingerprint density at radius 2 is 1.81 bits per heavy atom. The summed E-state index contributed by atoms with van der Waals surface area (Å²) in [5.74, 6) is -3.16. The number of carbonyl (C=O) groups is 2. The van der Waals surface area contributed by atoms with Crippen LogP contribution in [0.25, 0.3) is 0 Å². The Morgan fingerprint density at radius 3 is 2.24 bits per heavy atom. The van der Waals surface area contributed by atoms with Crippen LogP contribution < -0.4 is 4.74 Å². The predicted octanol–water partition coefficient (Wildman–Crippen LogP) is 2.73. The molecule has 0 heterocycles. The van der Waals surface area contributed by atoms with Crippen LogP contribution in [-0.4, -0.2) is 28.3 Å². The first-order valence-electron chi connectivity index (χ1n) is 5.48. The van der Waals surface area contributed by atoms with Crippen LogP contribution in [0.5, 0.6) is 5.75 Å². The maximum atomic E-state index is 12.5. The minimum Gasteiger partial charge on any atom is -0.479 e. The van der Waals surface area contributed by atoms with Crippen molar-refractivity contribution in [3.05, 3.63) is 29.3 Å². The second kappa shape index (κ2) is 6.44. The van der Waals surface area contributed by atoms with Gasteiger partial charge in [0.05, 0.1) is 0 Å². The summed E-state index contributed by atoms with van der Waals surface area (Å²) >= 11 is 2.90. The molecule has 9 heteroatoms. The molecule has 2 atom stereocenters. The quantitative estimate of drug-likeness (QED) is 0.778. The zero-order chi connectivity index (χ0) is 16.4. The second-order valence-electron chi connectivity index (χ2n) is 4.03. The standard InChI is InChI=1S/C12H10BrF3O5/c1-5(17)8(13)6-3-2-4-7(9(18)11(19)20)10(6)21-12(14,15)16/h2-4,8-9,18H,1H3,(H,19,20). The Morgan fingerprint density at radius 1 is 1.29 bits per heavy atom. The summed E-state index contributed by atoms with van der Waals surface area (Å²) in [5, 5.41) is 18.2. The molecule has 0 saturated heterocycles. The third-order valence-corrected chi connectivity index (χ3v) is 3.59. The lowest BCUT2D eigenvalue weighted by Crippen LogP contribution is -2.22. The van der Waals surface area contributed by atoms with E-state index in [2.05, 4.69) is 20.7 Å². The number of ketones is 1. The van der Waals surface area contributed by atoms with Crippen LogP contribution >= 0.6 is 15.9 Å². The van der Waals surface area contributed by atoms with Gasteiger partial charge in [-0.15, -0.1) is 13.2 Å². The summed E-state index contributed by atoms with van der Waals surface area (Å²) in [6.45, 7) is 1.14. The van der Waals surface area contributed by atoms with E-state index in [1.807, 2.05) is 0 Å². The van der Waals surface area contributed by atoms with Crippen molar-refractivity contribution in [1.82, 2.24) is 0 Å². The summed E-state index contributed by atoms with van der Waals surface area (Å²) in [5.41, 5.74) is -0.819. The topological polar surface area (TPSA) is 83.8 Å². The average molecular weight is 371 g/mol. The van der Waals surface area contributed by atoms with Crippen LogP contribution in [0.3, 0.4) is 0 Å². The van der Waals surface area contributed by atoms with Crippen molar-refractivity contribution in [3.63, 3.8) is 0 Å². The summed E-state index contributed by atoms with van der Waals surface area (Å²) in [4.78, 5) is 21.0. The van der Waals surface area contributed by atoms with Crippen LogP contribution in [-0.2, 0) is 9.59 Å². The van der Waals surface area contributed by atoms with Gasteiger partial charge in [-0.3, -0.25) is 4.79 Å². The van der Waals surface area contributed by atoms with Gasteiger partial charge in [0, 0.05) is 11.1 Å². The highest BCUT2D eigenvalue weighted by Crippen LogP contribution is 2.39. The maximum absolute atomic E-state index is 12.5. The van der Waals surface area contributed by atoms with Gasteiger partial charge < -0.3 is 14.9 Å². The largest absolute Gasteiger partial charge is 0.573 e. The summed E-state index contributed by atoms with van der Waals surface area (Å²) < 4.78 is 41.2. The van der Waals surface area contributed by atoms with Gasteiger partial charge in [-0.1, -0.05) is 34.1 Å². The number of carboxylic acid groups (broad SMARTS) is 1. The SMILES string of the molecule is CC(=O)C(Br)c1cccc(C(O)C(=O)O)c1OC(F)(F)F. The number of alkyl halides is 4. The van der Waals surface area contributed by atoms with E-state index in [4.69, 9.17) is 5.11 Å². The molecule has 5 nitrogen and oxygen atoms in total. The number of halogens is 4. The van der Waals surface area contributed by atoms with Gasteiger partial charge >= 0.3 is 12.3 Å². The molecule has 0 bridgehead atoms. The highest BCUT2D eigenvalue weighted by Gasteiger charge is 2.36. The molecule has 0 aliphatic rings. The zero-order valence-corrected chi connectivity index (χ0v) is 12.1. The Labute approximate surface area is 125 Å². The molecule has 1 aromatic carbocycles. The lowest BCUT2D eigenvalue weighted by atomic mass is 10.0. The third kappa shape index (κ3) is 4.43. The molecule has 0 aliphatic heterocycles. The number of aliphatic hydroxyl groups excluding tert-OH is 1. The first-order chi connectivity index (χ1) is 9.54. The Bertz CT molecular complexity index is 520. The van der Waals surface area contributed by atoms with E-state index < -0.39 is 40.4 Å². The van der Waals surface area contributed by atoms with Crippen molar-refractivity contribution >= 4 is 27.7 Å². The zero-order valence-electron chi connectivity index (χ0n) is 10.5. The minimum atomic E-state index is -5.10. The number of rotatable bonds is 5. The van der Waals surface area contributed by atoms with E-state index in [0.29, 0.717) is 0 Å². The molecule has 0 radical (unpaired) electrons. The lowest BCUT2D eigenvalue weighted by molar-refractivity contribution is -0.275. The Hall–Kier alpha value is -1.61. The van der Waals surface area contributed by atoms with Crippen LogP contribution in [0.2, 0.25) is 0 Å². The van der Waals surface area contributed by atoms with E-state index in [0.717, 1.165) is 13.0 Å². The number of aliphatic carboxylic acids is 1. The van der Waals surface area contributed by atoms with E-state index in [9.17, 15) is 27.9 Å². The van der Waals surface area contributed by atoms with E-state index in [1.165, 1.54) is 12.1 Å². The molecular formula is C12H10BrF3O5. The Kier molecular flexibility index (Phi) is 5.35. The van der Waals surface area contributed by atoms with Crippen LogP contribution in [0, 0.1) is 0 Å². The van der Waals surface area contributed by atoms with Gasteiger partial charge in [-0.2, -0.15) is 0 Å². The number of ether oxygens (including phenoxy) is 1. The van der Waals surface area contributed by atoms with Gasteiger partial charge in [0.15, 0.2) is 6.10 Å². The molecular weight excluding hydrogens is 361 g/mol. The van der Waals surface area contributed by atoms with Gasteiger partial charge in [0.2, 0.25) is 0 Å². The van der Waals surface area contributed by atoms with Crippen molar-refractivity contribution < 1.29 is 37.7 Å². The average Bonchev–Trinajstić information content (AvgIpc) is 2.35. The molecule has 2 N–H and O–H groups in total. The first-order valence-corrected chi connectivity index (χ1v) is 6.40. The highest BCUT2D eigenvalue weighted by atomic mass is 79.9. The molecule has 0 spiro atoms. The number of hydrogen-bond acceptors (Lipinski definition) is 4. The van der Waals surface area contributed by atoms with Crippen molar-refractivity contribution in [1.29, 1.82) is 0 Å². The molecule has 1 rings (SSSR count). The highest BCUT2D eigenvalue weighted by molar-refractivity contribution is 9.09. The van der Waals surface area contributed by atoms with E-state index in [1.54, 1.807) is 0 Å². The number of benzene rings is 1. The monoisotopic (exact) mass is 370 g/mol. The molecule has 0 saturated carbocycles. The number of Topliss-reactive ketones (excluding diaryl/α,β-unsaturated/α-hetero) is 1. The minimum absolute atomic E-state index is 0.224. The molecule has 0 fully saturated rings. The number of aliphatic hydroxyl groups is 1. The molecule has 21 heavy (non-hydrogen) atoms. The molecule has 116 valence electrons. The first kappa shape index (κ1) is 17.4. The fraction of sp³-hybridized carbons (Fsp3) is 0.333. The van der Waals surface area contributed by atoms with Crippen LogP contribution in [0.1, 0.15) is 29.0 Å². The molecule has 2 unspecified atom stereocenters. The number of carboxylic acids is 1. The van der Waals surface area contributed by atoms with Crippen LogP contribution in [0.15, 0.2) is 18.2 Å². The second-order valence-corrected chi connectivity index (χ2v) is 4.94. The fourth-order valence-electron chi connectivity index (χ4n) is 1.57. The number of carbonyl (C=O) groups excluding carboxylic acids is 1. The smallest absolute Gasteiger partial charge is 0.479 e. The molecule has 1 aromatic rings.